The average Bonchev–Trinajstić information content (AvgIpc) is 3.66. The zero-order valence-corrected chi connectivity index (χ0v) is 25.0. The van der Waals surface area contributed by atoms with Gasteiger partial charge in [-0.05, 0) is 39.1 Å². The summed E-state index contributed by atoms with van der Waals surface area (Å²) in [5, 5.41) is 17.7. The normalized spacial score (nSPS) is 17.1. The maximum atomic E-state index is 15.7. The molecule has 0 saturated carbocycles. The molecule has 10 nitrogen and oxygen atoms in total. The summed E-state index contributed by atoms with van der Waals surface area (Å²) in [5.41, 5.74) is 3.16. The SMILES string of the molecule is Cc1ccc(-c2nnc(CSc3nnc(-c4cn5c6c(c(N7CCN(C)CC7)c(F)cc6c4=O)OC[C@@H]5C)s3)o2)cc1. The molecule has 2 aliphatic heterocycles. The summed E-state index contributed by atoms with van der Waals surface area (Å²) in [4.78, 5) is 18.0. The summed E-state index contributed by atoms with van der Waals surface area (Å²) < 4.78 is 30.3. The van der Waals surface area contributed by atoms with Gasteiger partial charge in [0.1, 0.15) is 12.3 Å². The smallest absolute Gasteiger partial charge is 0.247 e. The molecule has 5 aromatic rings. The monoisotopic (exact) mass is 605 g/mol. The number of aromatic nitrogens is 5. The predicted octanol–water partition coefficient (Wildman–Crippen LogP) is 5.02. The fraction of sp³-hybridized carbons (Fsp3) is 0.345. The molecule has 2 aromatic carbocycles. The number of rotatable bonds is 6. The van der Waals surface area contributed by atoms with Gasteiger partial charge < -0.3 is 23.5 Å². The molecule has 1 fully saturated rings. The molecule has 7 rings (SSSR count). The first-order valence-electron chi connectivity index (χ1n) is 13.7. The van der Waals surface area contributed by atoms with E-state index < -0.39 is 5.82 Å². The predicted molar refractivity (Wildman–Crippen MR) is 161 cm³/mol. The maximum absolute atomic E-state index is 15.7. The van der Waals surface area contributed by atoms with Crippen LogP contribution >= 0.6 is 23.1 Å². The highest BCUT2D eigenvalue weighted by Crippen LogP contribution is 2.43. The zero-order valence-electron chi connectivity index (χ0n) is 23.3. The van der Waals surface area contributed by atoms with E-state index in [2.05, 4.69) is 32.3 Å². The van der Waals surface area contributed by atoms with Crippen molar-refractivity contribution >= 4 is 39.7 Å². The van der Waals surface area contributed by atoms with Gasteiger partial charge in [-0.2, -0.15) is 0 Å². The van der Waals surface area contributed by atoms with Gasteiger partial charge in [-0.15, -0.1) is 20.4 Å². The van der Waals surface area contributed by atoms with Crippen LogP contribution in [0.2, 0.25) is 0 Å². The first-order chi connectivity index (χ1) is 20.4. The molecule has 0 unspecified atom stereocenters. The molecular formula is C29H28FN7O3S2. The number of anilines is 1. The van der Waals surface area contributed by atoms with Gasteiger partial charge in [-0.1, -0.05) is 40.8 Å². The number of halogens is 1. The fourth-order valence-electron chi connectivity index (χ4n) is 5.31. The standard InChI is InChI=1S/C29H28FN7O3S2/c1-16-4-6-18(7-5-16)27-32-31-22(40-27)15-41-29-34-33-28(42-29)20-13-37-17(2)14-39-26-23(37)19(25(20)38)12-21(30)24(26)36-10-8-35(3)9-11-36/h4-7,12-13,17H,8-11,14-15H2,1-3H3/t17-/m0/s1. The lowest BCUT2D eigenvalue weighted by Crippen LogP contribution is -2.45. The fourth-order valence-corrected chi connectivity index (χ4v) is 7.01. The maximum Gasteiger partial charge on any atom is 0.247 e. The van der Waals surface area contributed by atoms with E-state index >= 15 is 4.39 Å². The van der Waals surface area contributed by atoms with Crippen molar-refractivity contribution < 1.29 is 13.5 Å². The van der Waals surface area contributed by atoms with E-state index in [0.717, 1.165) is 24.2 Å². The Kier molecular flexibility index (Phi) is 6.95. The molecule has 216 valence electrons. The summed E-state index contributed by atoms with van der Waals surface area (Å²) in [5.74, 6) is 1.33. The van der Waals surface area contributed by atoms with E-state index in [1.165, 1.54) is 29.2 Å². The van der Waals surface area contributed by atoms with Crippen molar-refractivity contribution in [3.8, 4) is 27.8 Å². The van der Waals surface area contributed by atoms with E-state index in [1.54, 1.807) is 0 Å². The molecule has 0 amide bonds. The van der Waals surface area contributed by atoms with Crippen molar-refractivity contribution in [3.05, 3.63) is 64.0 Å². The van der Waals surface area contributed by atoms with E-state index in [-0.39, 0.29) is 16.9 Å². The third-order valence-corrected chi connectivity index (χ3v) is 9.76. The molecule has 2 aliphatic rings. The molecule has 42 heavy (non-hydrogen) atoms. The molecule has 0 spiro atoms. The molecule has 1 saturated heterocycles. The molecule has 0 radical (unpaired) electrons. The Morgan fingerprint density at radius 2 is 1.88 bits per heavy atom. The van der Waals surface area contributed by atoms with E-state index in [4.69, 9.17) is 9.15 Å². The van der Waals surface area contributed by atoms with Crippen LogP contribution < -0.4 is 15.1 Å². The Morgan fingerprint density at radius 1 is 1.10 bits per heavy atom. The van der Waals surface area contributed by atoms with Gasteiger partial charge in [0.25, 0.3) is 0 Å². The number of benzene rings is 2. The first-order valence-corrected chi connectivity index (χ1v) is 15.5. The van der Waals surface area contributed by atoms with Crippen molar-refractivity contribution in [1.82, 2.24) is 29.9 Å². The van der Waals surface area contributed by atoms with Crippen LogP contribution in [-0.2, 0) is 5.75 Å². The van der Waals surface area contributed by atoms with Crippen molar-refractivity contribution in [2.24, 2.45) is 0 Å². The number of ether oxygens (including phenoxy) is 1. The van der Waals surface area contributed by atoms with Crippen molar-refractivity contribution in [3.63, 3.8) is 0 Å². The average molecular weight is 606 g/mol. The molecule has 5 heterocycles. The lowest BCUT2D eigenvalue weighted by atomic mass is 10.1. The summed E-state index contributed by atoms with van der Waals surface area (Å²) in [7, 11) is 2.06. The first kappa shape index (κ1) is 27.0. The molecule has 0 N–H and O–H groups in total. The minimum Gasteiger partial charge on any atom is -0.487 e. The number of thioether (sulfide) groups is 1. The van der Waals surface area contributed by atoms with Crippen molar-refractivity contribution in [1.29, 1.82) is 0 Å². The lowest BCUT2D eigenvalue weighted by molar-refractivity contribution is 0.245. The van der Waals surface area contributed by atoms with Crippen LogP contribution in [0.25, 0.3) is 32.9 Å². The summed E-state index contributed by atoms with van der Waals surface area (Å²) in [6.07, 6.45) is 1.81. The van der Waals surface area contributed by atoms with Gasteiger partial charge >= 0.3 is 0 Å². The van der Waals surface area contributed by atoms with Crippen LogP contribution in [0.3, 0.4) is 0 Å². The largest absolute Gasteiger partial charge is 0.487 e. The molecule has 13 heteroatoms. The molecule has 0 aliphatic carbocycles. The highest BCUT2D eigenvalue weighted by atomic mass is 32.2. The summed E-state index contributed by atoms with van der Waals surface area (Å²) in [6.45, 7) is 7.46. The van der Waals surface area contributed by atoms with Gasteiger partial charge in [0.15, 0.2) is 26.3 Å². The van der Waals surface area contributed by atoms with E-state index in [1.807, 2.05) is 53.8 Å². The molecule has 3 aromatic heterocycles. The van der Waals surface area contributed by atoms with Crippen LogP contribution in [0.15, 0.2) is 50.1 Å². The Morgan fingerprint density at radius 3 is 2.67 bits per heavy atom. The van der Waals surface area contributed by atoms with Crippen LogP contribution in [0.5, 0.6) is 5.75 Å². The second kappa shape index (κ2) is 10.8. The Balaban J connectivity index is 1.18. The number of hydrogen-bond acceptors (Lipinski definition) is 11. The van der Waals surface area contributed by atoms with Crippen molar-refractivity contribution in [2.45, 2.75) is 30.0 Å². The molecule has 1 atom stereocenters. The Labute approximate surface area is 249 Å². The number of hydrogen-bond donors (Lipinski definition) is 0. The second-order valence-electron chi connectivity index (χ2n) is 10.7. The van der Waals surface area contributed by atoms with Crippen LogP contribution in [0.4, 0.5) is 10.1 Å². The minimum absolute atomic E-state index is 0.0489. The quantitative estimate of drug-likeness (QED) is 0.245. The zero-order chi connectivity index (χ0) is 29.0. The number of pyridine rings is 1. The number of aryl methyl sites for hydroxylation is 1. The van der Waals surface area contributed by atoms with Gasteiger partial charge in [0, 0.05) is 37.9 Å². The van der Waals surface area contributed by atoms with Gasteiger partial charge in [-0.25, -0.2) is 4.39 Å². The third-order valence-electron chi connectivity index (χ3n) is 7.68. The highest BCUT2D eigenvalue weighted by Gasteiger charge is 2.31. The number of piperazine rings is 1. The summed E-state index contributed by atoms with van der Waals surface area (Å²) in [6, 6.07) is 9.19. The number of nitrogens with zero attached hydrogens (tertiary/aromatic N) is 7. The minimum atomic E-state index is -0.449. The highest BCUT2D eigenvalue weighted by molar-refractivity contribution is 8.00. The van der Waals surface area contributed by atoms with E-state index in [0.29, 0.717) is 69.1 Å². The van der Waals surface area contributed by atoms with Crippen molar-refractivity contribution in [2.75, 3.05) is 44.7 Å². The van der Waals surface area contributed by atoms with Crippen LogP contribution in [-0.4, -0.2) is 69.7 Å². The van der Waals surface area contributed by atoms with Crippen LogP contribution in [0, 0.1) is 12.7 Å². The third kappa shape index (κ3) is 4.84. The van der Waals surface area contributed by atoms with Crippen LogP contribution in [0.1, 0.15) is 24.4 Å². The number of likely N-dealkylation sites (N-methyl/N-ethyl adjacent to an activating group) is 1. The van der Waals surface area contributed by atoms with E-state index in [9.17, 15) is 4.79 Å². The van der Waals surface area contributed by atoms with Gasteiger partial charge in [0.2, 0.25) is 11.8 Å². The van der Waals surface area contributed by atoms with Gasteiger partial charge in [0.05, 0.1) is 28.3 Å². The molecule has 0 bridgehead atoms. The summed E-state index contributed by atoms with van der Waals surface area (Å²) >= 11 is 2.71. The molecular weight excluding hydrogens is 577 g/mol. The topological polar surface area (TPSA) is 102 Å². The Bertz CT molecular complexity index is 1840. The lowest BCUT2D eigenvalue weighted by Gasteiger charge is -2.37. The Hall–Kier alpha value is -3.81. The van der Waals surface area contributed by atoms with Gasteiger partial charge in [-0.3, -0.25) is 4.79 Å². The second-order valence-corrected chi connectivity index (χ2v) is 12.9.